The molecule has 0 spiro atoms. The Morgan fingerprint density at radius 2 is 2.30 bits per heavy atom. The molecule has 1 saturated heterocycles. The van der Waals surface area contributed by atoms with Gasteiger partial charge in [-0.15, -0.1) is 23.1 Å². The third kappa shape index (κ3) is 1.73. The Morgan fingerprint density at radius 3 is 3.13 bits per heavy atom. The first-order valence-electron chi connectivity index (χ1n) is 7.27. The normalized spacial score (nSPS) is 24.1. The Labute approximate surface area is 139 Å². The number of hydrogen-bond donors (Lipinski definition) is 1. The maximum absolute atomic E-state index is 12.2. The van der Waals surface area contributed by atoms with E-state index in [9.17, 15) is 9.59 Å². The molecular formula is C15H11N3O3S2. The number of carbonyl (C=O) groups excluding carboxylic acids is 1. The van der Waals surface area contributed by atoms with Crippen molar-refractivity contribution in [3.63, 3.8) is 0 Å². The fraction of sp³-hybridized carbons (Fsp3) is 0.267. The van der Waals surface area contributed by atoms with E-state index in [-0.39, 0.29) is 17.0 Å². The predicted molar refractivity (Wildman–Crippen MR) is 87.0 cm³/mol. The summed E-state index contributed by atoms with van der Waals surface area (Å²) in [7, 11) is 0. The number of thioether (sulfide) groups is 1. The van der Waals surface area contributed by atoms with Crippen molar-refractivity contribution in [1.29, 1.82) is 0 Å². The second-order valence-corrected chi connectivity index (χ2v) is 7.73. The molecule has 2 aliphatic heterocycles. The van der Waals surface area contributed by atoms with Gasteiger partial charge in [-0.3, -0.25) is 14.1 Å². The number of nitrogens with zero attached hydrogens (tertiary/aromatic N) is 3. The molecule has 4 heterocycles. The Hall–Kier alpha value is -2.06. The van der Waals surface area contributed by atoms with Crippen LogP contribution in [0.1, 0.15) is 22.7 Å². The quantitative estimate of drug-likeness (QED) is 0.666. The highest BCUT2D eigenvalue weighted by atomic mass is 32.2. The van der Waals surface area contributed by atoms with Gasteiger partial charge in [-0.05, 0) is 25.3 Å². The van der Waals surface area contributed by atoms with Crippen molar-refractivity contribution in [2.75, 3.05) is 0 Å². The third-order valence-electron chi connectivity index (χ3n) is 4.39. The van der Waals surface area contributed by atoms with Gasteiger partial charge in [0.05, 0.1) is 11.3 Å². The molecule has 116 valence electrons. The lowest BCUT2D eigenvalue weighted by Crippen LogP contribution is -2.51. The van der Waals surface area contributed by atoms with Gasteiger partial charge in [-0.2, -0.15) is 0 Å². The standard InChI is InChI=1S/C15H11N3O3S2/c19-12-8(13-18(12)10(6-22-13)14(20)21)4-7-5-17-9-2-1-3-11(9)23-15(17)16-7/h4-6,13H,1-3H2,(H,20,21). The summed E-state index contributed by atoms with van der Waals surface area (Å²) in [5.41, 5.74) is 2.78. The van der Waals surface area contributed by atoms with Crippen LogP contribution in [-0.4, -0.2) is 36.6 Å². The fourth-order valence-electron chi connectivity index (χ4n) is 3.32. The van der Waals surface area contributed by atoms with Crippen molar-refractivity contribution in [2.24, 2.45) is 0 Å². The van der Waals surface area contributed by atoms with Crippen LogP contribution in [0.25, 0.3) is 11.0 Å². The number of thiazole rings is 1. The molecule has 3 aliphatic rings. The number of carbonyl (C=O) groups is 2. The fourth-order valence-corrected chi connectivity index (χ4v) is 5.63. The second-order valence-electron chi connectivity index (χ2n) is 5.72. The smallest absolute Gasteiger partial charge is 0.353 e. The molecule has 8 heteroatoms. The molecular weight excluding hydrogens is 334 g/mol. The highest BCUT2D eigenvalue weighted by Crippen LogP contribution is 2.45. The average molecular weight is 345 g/mol. The zero-order chi connectivity index (χ0) is 15.7. The molecule has 5 rings (SSSR count). The monoisotopic (exact) mass is 345 g/mol. The molecule has 23 heavy (non-hydrogen) atoms. The number of aliphatic carboxylic acids is 1. The van der Waals surface area contributed by atoms with Crippen LogP contribution >= 0.6 is 23.1 Å². The number of carboxylic acid groups (broad SMARTS) is 1. The molecule has 0 bridgehead atoms. The highest BCUT2D eigenvalue weighted by Gasteiger charge is 2.49. The molecule has 0 radical (unpaired) electrons. The van der Waals surface area contributed by atoms with Gasteiger partial charge in [0.15, 0.2) is 4.96 Å². The van der Waals surface area contributed by atoms with Gasteiger partial charge in [0, 0.05) is 22.2 Å². The molecule has 1 unspecified atom stereocenters. The van der Waals surface area contributed by atoms with Crippen LogP contribution in [0.2, 0.25) is 0 Å². The first-order chi connectivity index (χ1) is 11.1. The van der Waals surface area contributed by atoms with E-state index < -0.39 is 5.97 Å². The lowest BCUT2D eigenvalue weighted by molar-refractivity contribution is -0.141. The molecule has 6 nitrogen and oxygen atoms in total. The number of rotatable bonds is 2. The van der Waals surface area contributed by atoms with Crippen LogP contribution in [0, 0.1) is 0 Å². The number of imidazole rings is 1. The molecule has 1 fully saturated rings. The number of aryl methyl sites for hydroxylation is 2. The summed E-state index contributed by atoms with van der Waals surface area (Å²) in [6, 6.07) is 0. The zero-order valence-corrected chi connectivity index (χ0v) is 13.5. The van der Waals surface area contributed by atoms with Gasteiger partial charge in [0.1, 0.15) is 11.1 Å². The third-order valence-corrected chi connectivity index (χ3v) is 6.63. The summed E-state index contributed by atoms with van der Waals surface area (Å²) in [6.45, 7) is 0. The number of fused-ring (bicyclic) bond motifs is 4. The first kappa shape index (κ1) is 13.4. The van der Waals surface area contributed by atoms with Gasteiger partial charge in [-0.1, -0.05) is 0 Å². The first-order valence-corrected chi connectivity index (χ1v) is 9.03. The SMILES string of the molecule is O=C(O)C1=CSC2C(=Cc3cn4c5c(sc4n3)CCC5)C(=O)N12. The summed E-state index contributed by atoms with van der Waals surface area (Å²) < 4.78 is 2.13. The molecule has 0 aromatic carbocycles. The van der Waals surface area contributed by atoms with E-state index in [1.54, 1.807) is 17.4 Å². The predicted octanol–water partition coefficient (Wildman–Crippen LogP) is 2.11. The van der Waals surface area contributed by atoms with E-state index in [0.29, 0.717) is 5.57 Å². The largest absolute Gasteiger partial charge is 0.477 e. The summed E-state index contributed by atoms with van der Waals surface area (Å²) in [5, 5.41) is 10.4. The lowest BCUT2D eigenvalue weighted by Gasteiger charge is -2.36. The van der Waals surface area contributed by atoms with E-state index in [0.717, 1.165) is 23.5 Å². The maximum Gasteiger partial charge on any atom is 0.353 e. The molecule has 2 aromatic rings. The summed E-state index contributed by atoms with van der Waals surface area (Å²) in [6.07, 6.45) is 7.18. The van der Waals surface area contributed by atoms with Gasteiger partial charge >= 0.3 is 5.97 Å². The van der Waals surface area contributed by atoms with Gasteiger partial charge in [0.25, 0.3) is 5.91 Å². The lowest BCUT2D eigenvalue weighted by atomic mass is 10.0. The van der Waals surface area contributed by atoms with Gasteiger partial charge in [0.2, 0.25) is 0 Å². The minimum absolute atomic E-state index is 0.0609. The summed E-state index contributed by atoms with van der Waals surface area (Å²) in [4.78, 5) is 31.6. The second kappa shape index (κ2) is 4.48. The van der Waals surface area contributed by atoms with Crippen molar-refractivity contribution in [1.82, 2.24) is 14.3 Å². The zero-order valence-electron chi connectivity index (χ0n) is 11.9. The van der Waals surface area contributed by atoms with Crippen LogP contribution in [0.4, 0.5) is 0 Å². The topological polar surface area (TPSA) is 74.9 Å². The van der Waals surface area contributed by atoms with E-state index in [2.05, 4.69) is 9.38 Å². The van der Waals surface area contributed by atoms with Crippen LogP contribution in [-0.2, 0) is 22.4 Å². The highest BCUT2D eigenvalue weighted by molar-refractivity contribution is 8.03. The Balaban J connectivity index is 1.48. The van der Waals surface area contributed by atoms with Crippen molar-refractivity contribution in [3.05, 3.63) is 39.1 Å². The van der Waals surface area contributed by atoms with Crippen LogP contribution < -0.4 is 0 Å². The Bertz CT molecular complexity index is 953. The Morgan fingerprint density at radius 1 is 1.43 bits per heavy atom. The van der Waals surface area contributed by atoms with E-state index in [1.807, 2.05) is 6.20 Å². The van der Waals surface area contributed by atoms with Crippen molar-refractivity contribution in [2.45, 2.75) is 24.6 Å². The summed E-state index contributed by atoms with van der Waals surface area (Å²) in [5.74, 6) is -1.30. The molecule has 1 amide bonds. The van der Waals surface area contributed by atoms with E-state index >= 15 is 0 Å². The van der Waals surface area contributed by atoms with Crippen molar-refractivity contribution < 1.29 is 14.7 Å². The molecule has 2 aromatic heterocycles. The minimum atomic E-state index is -1.06. The summed E-state index contributed by atoms with van der Waals surface area (Å²) >= 11 is 3.07. The van der Waals surface area contributed by atoms with Crippen molar-refractivity contribution in [3.8, 4) is 0 Å². The van der Waals surface area contributed by atoms with Crippen LogP contribution in [0.15, 0.2) is 22.9 Å². The molecule has 0 saturated carbocycles. The van der Waals surface area contributed by atoms with E-state index in [4.69, 9.17) is 5.11 Å². The van der Waals surface area contributed by atoms with Crippen LogP contribution in [0.3, 0.4) is 0 Å². The molecule has 1 atom stereocenters. The van der Waals surface area contributed by atoms with Gasteiger partial charge < -0.3 is 5.11 Å². The number of β-lactam (4-membered cyclic amide) rings is 1. The van der Waals surface area contributed by atoms with Gasteiger partial charge in [-0.25, -0.2) is 9.78 Å². The van der Waals surface area contributed by atoms with Crippen LogP contribution in [0.5, 0.6) is 0 Å². The van der Waals surface area contributed by atoms with Crippen molar-refractivity contribution >= 4 is 46.0 Å². The number of aromatic nitrogens is 2. The molecule has 1 N–H and O–H groups in total. The number of carboxylic acids is 1. The van der Waals surface area contributed by atoms with E-state index in [1.165, 1.54) is 39.1 Å². The number of amides is 1. The minimum Gasteiger partial charge on any atom is -0.477 e. The molecule has 1 aliphatic carbocycles. The number of hydrogen-bond acceptors (Lipinski definition) is 5. The maximum atomic E-state index is 12.2. The average Bonchev–Trinajstić information content (AvgIpc) is 3.23. The Kier molecular flexibility index (Phi) is 2.61.